The van der Waals surface area contributed by atoms with Crippen molar-refractivity contribution >= 4 is 5.91 Å². The molecule has 4 nitrogen and oxygen atoms in total. The number of amides is 1. The molecule has 0 radical (unpaired) electrons. The lowest BCUT2D eigenvalue weighted by Gasteiger charge is -2.33. The Balaban J connectivity index is 1.59. The highest BCUT2D eigenvalue weighted by Gasteiger charge is 2.24. The molecule has 0 aliphatic carbocycles. The first-order valence-corrected chi connectivity index (χ1v) is 7.47. The van der Waals surface area contributed by atoms with Gasteiger partial charge in [0.15, 0.2) is 0 Å². The van der Waals surface area contributed by atoms with Crippen molar-refractivity contribution in [3.63, 3.8) is 0 Å². The molecule has 3 rings (SSSR count). The molecule has 1 aromatic carbocycles. The van der Waals surface area contributed by atoms with Crippen LogP contribution in [0, 0.1) is 0 Å². The average Bonchev–Trinajstić information content (AvgIpc) is 2.47. The van der Waals surface area contributed by atoms with Gasteiger partial charge < -0.3 is 10.0 Å². The molecule has 4 heteroatoms. The van der Waals surface area contributed by atoms with Gasteiger partial charge in [-0.3, -0.25) is 9.69 Å². The van der Waals surface area contributed by atoms with Crippen LogP contribution in [-0.2, 0) is 17.8 Å². The minimum Gasteiger partial charge on any atom is -0.392 e. The molecule has 2 aliphatic heterocycles. The highest BCUT2D eigenvalue weighted by atomic mass is 16.3. The minimum absolute atomic E-state index is 0.189. The molecule has 2 heterocycles. The maximum Gasteiger partial charge on any atom is 0.237 e. The predicted molar refractivity (Wildman–Crippen MR) is 77.2 cm³/mol. The minimum atomic E-state index is -0.265. The van der Waals surface area contributed by atoms with Crippen molar-refractivity contribution in [1.29, 1.82) is 0 Å². The summed E-state index contributed by atoms with van der Waals surface area (Å²) in [6, 6.07) is 8.36. The fraction of sp³-hybridized carbons (Fsp3) is 0.562. The van der Waals surface area contributed by atoms with Crippen LogP contribution in [-0.4, -0.2) is 53.1 Å². The molecule has 1 saturated heterocycles. The zero-order chi connectivity index (χ0) is 13.9. The quantitative estimate of drug-likeness (QED) is 0.876. The molecule has 1 unspecified atom stereocenters. The molecule has 1 atom stereocenters. The van der Waals surface area contributed by atoms with E-state index in [0.717, 1.165) is 38.9 Å². The van der Waals surface area contributed by atoms with Gasteiger partial charge in [-0.25, -0.2) is 0 Å². The van der Waals surface area contributed by atoms with E-state index < -0.39 is 0 Å². The van der Waals surface area contributed by atoms with Crippen molar-refractivity contribution in [3.8, 4) is 0 Å². The number of rotatable bonds is 2. The number of aliphatic hydroxyl groups is 1. The zero-order valence-electron chi connectivity index (χ0n) is 11.8. The summed E-state index contributed by atoms with van der Waals surface area (Å²) < 4.78 is 0. The van der Waals surface area contributed by atoms with Crippen LogP contribution in [0.25, 0.3) is 0 Å². The molecular weight excluding hydrogens is 252 g/mol. The first-order valence-electron chi connectivity index (χ1n) is 7.47. The summed E-state index contributed by atoms with van der Waals surface area (Å²) in [5.41, 5.74) is 2.63. The lowest BCUT2D eigenvalue weighted by molar-refractivity contribution is -0.134. The van der Waals surface area contributed by atoms with Crippen LogP contribution in [0.3, 0.4) is 0 Å². The predicted octanol–water partition coefficient (Wildman–Crippen LogP) is 1.03. The smallest absolute Gasteiger partial charge is 0.237 e. The second kappa shape index (κ2) is 5.94. The molecule has 0 bridgehead atoms. The third kappa shape index (κ3) is 3.02. The number of β-amino-alcohol motifs (C(OH)–C–C–N with tert-alkyl or cyclic N) is 1. The second-order valence-corrected chi connectivity index (χ2v) is 5.87. The van der Waals surface area contributed by atoms with Crippen LogP contribution in [0.15, 0.2) is 24.3 Å². The third-order valence-corrected chi connectivity index (χ3v) is 4.32. The Hall–Kier alpha value is -1.39. The third-order valence-electron chi connectivity index (χ3n) is 4.32. The SMILES string of the molecule is O=C(CN1CCCC(O)C1)N1CCc2ccccc2C1. The van der Waals surface area contributed by atoms with Gasteiger partial charge in [-0.1, -0.05) is 24.3 Å². The molecule has 2 aliphatic rings. The number of nitrogens with zero attached hydrogens (tertiary/aromatic N) is 2. The van der Waals surface area contributed by atoms with Gasteiger partial charge in [-0.2, -0.15) is 0 Å². The number of aliphatic hydroxyl groups excluding tert-OH is 1. The van der Waals surface area contributed by atoms with Crippen LogP contribution in [0.5, 0.6) is 0 Å². The zero-order valence-corrected chi connectivity index (χ0v) is 11.8. The fourth-order valence-corrected chi connectivity index (χ4v) is 3.17. The van der Waals surface area contributed by atoms with Gasteiger partial charge in [0.2, 0.25) is 5.91 Å². The first-order chi connectivity index (χ1) is 9.72. The number of piperidine rings is 1. The number of benzene rings is 1. The van der Waals surface area contributed by atoms with Crippen LogP contribution in [0.4, 0.5) is 0 Å². The molecular formula is C16H22N2O2. The number of hydrogen-bond donors (Lipinski definition) is 1. The van der Waals surface area contributed by atoms with E-state index in [2.05, 4.69) is 23.1 Å². The Morgan fingerprint density at radius 1 is 1.25 bits per heavy atom. The second-order valence-electron chi connectivity index (χ2n) is 5.87. The molecule has 20 heavy (non-hydrogen) atoms. The van der Waals surface area contributed by atoms with Crippen molar-refractivity contribution in [2.75, 3.05) is 26.2 Å². The summed E-state index contributed by atoms with van der Waals surface area (Å²) in [6.07, 6.45) is 2.53. The molecule has 0 aromatic heterocycles. The van der Waals surface area contributed by atoms with Gasteiger partial charge in [-0.15, -0.1) is 0 Å². The van der Waals surface area contributed by atoms with Gasteiger partial charge in [0, 0.05) is 19.6 Å². The van der Waals surface area contributed by atoms with E-state index in [-0.39, 0.29) is 12.0 Å². The molecule has 0 saturated carbocycles. The van der Waals surface area contributed by atoms with E-state index in [9.17, 15) is 9.90 Å². The number of carbonyl (C=O) groups is 1. The van der Waals surface area contributed by atoms with E-state index in [1.54, 1.807) is 0 Å². The number of carbonyl (C=O) groups excluding carboxylic acids is 1. The van der Waals surface area contributed by atoms with Crippen molar-refractivity contribution in [1.82, 2.24) is 9.80 Å². The van der Waals surface area contributed by atoms with Crippen molar-refractivity contribution in [2.45, 2.75) is 31.9 Å². The summed E-state index contributed by atoms with van der Waals surface area (Å²) in [5.74, 6) is 0.189. The monoisotopic (exact) mass is 274 g/mol. The highest BCUT2D eigenvalue weighted by Crippen LogP contribution is 2.19. The highest BCUT2D eigenvalue weighted by molar-refractivity contribution is 5.78. The molecule has 108 valence electrons. The number of likely N-dealkylation sites (tertiary alicyclic amines) is 1. The largest absolute Gasteiger partial charge is 0.392 e. The van der Waals surface area contributed by atoms with Crippen LogP contribution >= 0.6 is 0 Å². The normalized spacial score (nSPS) is 23.4. The van der Waals surface area contributed by atoms with Crippen LogP contribution in [0.2, 0.25) is 0 Å². The Morgan fingerprint density at radius 2 is 2.05 bits per heavy atom. The Labute approximate surface area is 120 Å². The van der Waals surface area contributed by atoms with Gasteiger partial charge in [0.1, 0.15) is 0 Å². The van der Waals surface area contributed by atoms with E-state index in [4.69, 9.17) is 0 Å². The molecule has 1 amide bonds. The van der Waals surface area contributed by atoms with Gasteiger partial charge in [0.05, 0.1) is 12.6 Å². The van der Waals surface area contributed by atoms with Crippen LogP contribution < -0.4 is 0 Å². The number of hydrogen-bond acceptors (Lipinski definition) is 3. The summed E-state index contributed by atoms with van der Waals surface area (Å²) in [5, 5.41) is 9.67. The molecule has 0 spiro atoms. The van der Waals surface area contributed by atoms with E-state index in [1.807, 2.05) is 11.0 Å². The topological polar surface area (TPSA) is 43.8 Å². The fourth-order valence-electron chi connectivity index (χ4n) is 3.17. The lowest BCUT2D eigenvalue weighted by Crippen LogP contribution is -2.46. The van der Waals surface area contributed by atoms with Gasteiger partial charge >= 0.3 is 0 Å². The Morgan fingerprint density at radius 3 is 2.85 bits per heavy atom. The maximum absolute atomic E-state index is 12.4. The first kappa shape index (κ1) is 13.6. The van der Waals surface area contributed by atoms with E-state index in [0.29, 0.717) is 13.1 Å². The summed E-state index contributed by atoms with van der Waals surface area (Å²) in [7, 11) is 0. The van der Waals surface area contributed by atoms with E-state index >= 15 is 0 Å². The maximum atomic E-state index is 12.4. The van der Waals surface area contributed by atoms with Crippen molar-refractivity contribution < 1.29 is 9.90 Å². The summed E-state index contributed by atoms with van der Waals surface area (Å²) in [6.45, 7) is 3.54. The van der Waals surface area contributed by atoms with Gasteiger partial charge in [0.25, 0.3) is 0 Å². The molecule has 1 N–H and O–H groups in total. The van der Waals surface area contributed by atoms with Crippen molar-refractivity contribution in [3.05, 3.63) is 35.4 Å². The summed E-state index contributed by atoms with van der Waals surface area (Å²) >= 11 is 0. The molecule has 1 aromatic rings. The van der Waals surface area contributed by atoms with Crippen LogP contribution in [0.1, 0.15) is 24.0 Å². The van der Waals surface area contributed by atoms with Crippen molar-refractivity contribution in [2.24, 2.45) is 0 Å². The van der Waals surface area contributed by atoms with E-state index in [1.165, 1.54) is 11.1 Å². The lowest BCUT2D eigenvalue weighted by atomic mass is 10.00. The van der Waals surface area contributed by atoms with Gasteiger partial charge in [-0.05, 0) is 36.9 Å². The standard InChI is InChI=1S/C16H22N2O2/c19-15-6-3-8-17(11-15)12-16(20)18-9-7-13-4-1-2-5-14(13)10-18/h1-2,4-5,15,19H,3,6-12H2. The number of fused-ring (bicyclic) bond motifs is 1. The average molecular weight is 274 g/mol. The molecule has 1 fully saturated rings. The Kier molecular flexibility index (Phi) is 4.03. The Bertz CT molecular complexity index is 489. The summed E-state index contributed by atoms with van der Waals surface area (Å²) in [4.78, 5) is 16.4.